The molecule has 0 bridgehead atoms. The van der Waals surface area contributed by atoms with Crippen molar-refractivity contribution in [1.29, 1.82) is 0 Å². The van der Waals surface area contributed by atoms with Gasteiger partial charge >= 0.3 is 6.09 Å². The van der Waals surface area contributed by atoms with Crippen LogP contribution in [0, 0.1) is 5.92 Å². The second-order valence-corrected chi connectivity index (χ2v) is 8.47. The third-order valence-electron chi connectivity index (χ3n) is 6.48. The zero-order valence-electron chi connectivity index (χ0n) is 17.6. The van der Waals surface area contributed by atoms with Crippen molar-refractivity contribution in [3.8, 4) is 0 Å². The topological polar surface area (TPSA) is 80.2 Å². The number of aromatic nitrogens is 3. The maximum absolute atomic E-state index is 12.8. The molecule has 2 aliphatic rings. The SMILES string of the molecule is CC1CCN(C(=O)OCC2=CC=CCC2)CC1n1ccc(=O)c2cnc3[nH]ccc3c21. The Morgan fingerprint density at radius 3 is 3.06 bits per heavy atom. The number of rotatable bonds is 3. The molecule has 3 aromatic heterocycles. The van der Waals surface area contributed by atoms with E-state index in [1.807, 2.05) is 30.6 Å². The molecule has 1 saturated heterocycles. The number of hydrogen-bond acceptors (Lipinski definition) is 4. The van der Waals surface area contributed by atoms with E-state index in [0.29, 0.717) is 31.0 Å². The summed E-state index contributed by atoms with van der Waals surface area (Å²) >= 11 is 0. The largest absolute Gasteiger partial charge is 0.445 e. The number of piperidine rings is 1. The molecule has 1 amide bonds. The molecule has 0 aromatic carbocycles. The highest BCUT2D eigenvalue weighted by molar-refractivity contribution is 6.02. The van der Waals surface area contributed by atoms with Crippen molar-refractivity contribution >= 4 is 28.0 Å². The van der Waals surface area contributed by atoms with E-state index < -0.39 is 0 Å². The van der Waals surface area contributed by atoms with Gasteiger partial charge in [-0.3, -0.25) is 4.79 Å². The smallest absolute Gasteiger partial charge is 0.410 e. The normalized spacial score (nSPS) is 21.5. The number of nitrogens with one attached hydrogen (secondary N) is 1. The van der Waals surface area contributed by atoms with Crippen LogP contribution in [0.4, 0.5) is 4.79 Å². The molecule has 0 radical (unpaired) electrons. The van der Waals surface area contributed by atoms with Gasteiger partial charge in [-0.2, -0.15) is 0 Å². The average Bonchev–Trinajstić information content (AvgIpc) is 3.28. The highest BCUT2D eigenvalue weighted by Gasteiger charge is 2.31. The Bertz CT molecular complexity index is 1250. The minimum Gasteiger partial charge on any atom is -0.445 e. The Morgan fingerprint density at radius 2 is 2.23 bits per heavy atom. The number of carbonyl (C=O) groups is 1. The van der Waals surface area contributed by atoms with Gasteiger partial charge in [0.05, 0.1) is 16.9 Å². The van der Waals surface area contributed by atoms with Gasteiger partial charge in [0.15, 0.2) is 5.43 Å². The van der Waals surface area contributed by atoms with Gasteiger partial charge in [0.25, 0.3) is 0 Å². The maximum Gasteiger partial charge on any atom is 0.410 e. The fraction of sp³-hybridized carbons (Fsp3) is 0.375. The first-order chi connectivity index (χ1) is 15.1. The Morgan fingerprint density at radius 1 is 1.32 bits per heavy atom. The third kappa shape index (κ3) is 3.65. The highest BCUT2D eigenvalue weighted by atomic mass is 16.6. The van der Waals surface area contributed by atoms with Crippen LogP contribution < -0.4 is 5.43 Å². The summed E-state index contributed by atoms with van der Waals surface area (Å²) in [5, 5.41) is 1.51. The summed E-state index contributed by atoms with van der Waals surface area (Å²) in [5.74, 6) is 0.350. The van der Waals surface area contributed by atoms with E-state index >= 15 is 0 Å². The predicted molar refractivity (Wildman–Crippen MR) is 120 cm³/mol. The lowest BCUT2D eigenvalue weighted by molar-refractivity contribution is 0.0795. The fourth-order valence-electron chi connectivity index (χ4n) is 4.64. The monoisotopic (exact) mass is 418 g/mol. The van der Waals surface area contributed by atoms with E-state index in [2.05, 4.69) is 27.5 Å². The van der Waals surface area contributed by atoms with Gasteiger partial charge in [-0.25, -0.2) is 9.78 Å². The van der Waals surface area contributed by atoms with E-state index in [4.69, 9.17) is 4.74 Å². The molecule has 1 N–H and O–H groups in total. The number of likely N-dealkylation sites (tertiary alicyclic amines) is 1. The molecule has 160 valence electrons. The molecule has 7 heteroatoms. The Labute approximate surface area is 180 Å². The number of carbonyl (C=O) groups excluding carboxylic acids is 1. The van der Waals surface area contributed by atoms with E-state index in [1.165, 1.54) is 0 Å². The van der Waals surface area contributed by atoms with Crippen LogP contribution in [0.5, 0.6) is 0 Å². The summed E-state index contributed by atoms with van der Waals surface area (Å²) < 4.78 is 7.76. The first-order valence-corrected chi connectivity index (χ1v) is 10.8. The standard InChI is InChI=1S/C24H26N4O3/c1-16-8-11-27(24(30)31-15-17-5-3-2-4-6-17)14-20(16)28-12-9-21(29)19-13-26-23-18(22(19)28)7-10-25-23/h2-3,5,7,9-10,12-13,16,20H,4,6,8,11,14-15H2,1H3,(H,25,26). The van der Waals surface area contributed by atoms with Crippen LogP contribution in [-0.2, 0) is 4.74 Å². The second-order valence-electron chi connectivity index (χ2n) is 8.47. The molecule has 0 saturated carbocycles. The van der Waals surface area contributed by atoms with Crippen molar-refractivity contribution in [3.05, 3.63) is 64.7 Å². The Balaban J connectivity index is 1.44. The van der Waals surface area contributed by atoms with Gasteiger partial charge in [0, 0.05) is 43.1 Å². The third-order valence-corrected chi connectivity index (χ3v) is 6.48. The number of allylic oxidation sites excluding steroid dienone is 3. The summed E-state index contributed by atoms with van der Waals surface area (Å²) in [6, 6.07) is 3.59. The summed E-state index contributed by atoms with van der Waals surface area (Å²) in [7, 11) is 0. The Kier molecular flexibility index (Phi) is 5.10. The minimum atomic E-state index is -0.272. The lowest BCUT2D eigenvalue weighted by atomic mass is 9.92. The van der Waals surface area contributed by atoms with E-state index in [-0.39, 0.29) is 17.6 Å². The number of nitrogens with zero attached hydrogens (tertiary/aromatic N) is 3. The molecule has 1 fully saturated rings. The summed E-state index contributed by atoms with van der Waals surface area (Å²) in [4.78, 5) is 34.6. The van der Waals surface area contributed by atoms with Crippen LogP contribution in [0.3, 0.4) is 0 Å². The van der Waals surface area contributed by atoms with Crippen LogP contribution in [0.15, 0.2) is 59.3 Å². The minimum absolute atomic E-state index is 0.0433. The van der Waals surface area contributed by atoms with Crippen LogP contribution in [0.2, 0.25) is 0 Å². The van der Waals surface area contributed by atoms with Crippen molar-refractivity contribution < 1.29 is 9.53 Å². The van der Waals surface area contributed by atoms with E-state index in [1.54, 1.807) is 17.2 Å². The number of hydrogen-bond donors (Lipinski definition) is 1. The van der Waals surface area contributed by atoms with Gasteiger partial charge < -0.3 is 19.2 Å². The van der Waals surface area contributed by atoms with Gasteiger partial charge in [-0.1, -0.05) is 25.2 Å². The molecular weight excluding hydrogens is 392 g/mol. The summed E-state index contributed by atoms with van der Waals surface area (Å²) in [6.45, 7) is 3.77. The number of ether oxygens (including phenoxy) is 1. The van der Waals surface area contributed by atoms with Gasteiger partial charge in [0.1, 0.15) is 12.3 Å². The van der Waals surface area contributed by atoms with Crippen molar-refractivity contribution in [2.45, 2.75) is 32.2 Å². The zero-order valence-corrected chi connectivity index (χ0v) is 17.6. The fourth-order valence-corrected chi connectivity index (χ4v) is 4.64. The van der Waals surface area contributed by atoms with Crippen LogP contribution in [-0.4, -0.2) is 45.2 Å². The molecule has 1 aliphatic carbocycles. The zero-order chi connectivity index (χ0) is 21.4. The van der Waals surface area contributed by atoms with Crippen molar-refractivity contribution in [1.82, 2.24) is 19.4 Å². The average molecular weight is 418 g/mol. The number of pyridine rings is 2. The molecule has 3 aromatic rings. The number of fused-ring (bicyclic) bond motifs is 3. The van der Waals surface area contributed by atoms with Crippen LogP contribution in [0.25, 0.3) is 21.9 Å². The molecule has 2 unspecified atom stereocenters. The summed E-state index contributed by atoms with van der Waals surface area (Å²) in [6.07, 6.45) is 14.0. The molecule has 2 atom stereocenters. The first-order valence-electron chi connectivity index (χ1n) is 10.8. The molecule has 7 nitrogen and oxygen atoms in total. The number of H-pyrrole nitrogens is 1. The molecular formula is C24H26N4O3. The number of aromatic amines is 1. The second kappa shape index (κ2) is 8.06. The van der Waals surface area contributed by atoms with E-state index in [9.17, 15) is 9.59 Å². The highest BCUT2D eigenvalue weighted by Crippen LogP contribution is 2.32. The van der Waals surface area contributed by atoms with Gasteiger partial charge in [0.2, 0.25) is 0 Å². The molecule has 0 spiro atoms. The van der Waals surface area contributed by atoms with Crippen molar-refractivity contribution in [2.24, 2.45) is 5.92 Å². The van der Waals surface area contributed by atoms with Crippen molar-refractivity contribution in [3.63, 3.8) is 0 Å². The van der Waals surface area contributed by atoms with E-state index in [0.717, 1.165) is 41.4 Å². The quantitative estimate of drug-likeness (QED) is 0.692. The van der Waals surface area contributed by atoms with Gasteiger partial charge in [-0.15, -0.1) is 0 Å². The molecule has 5 rings (SSSR count). The Hall–Kier alpha value is -3.35. The maximum atomic E-state index is 12.8. The molecule has 4 heterocycles. The number of amides is 1. The first kappa shape index (κ1) is 19.6. The van der Waals surface area contributed by atoms with Crippen LogP contribution in [0.1, 0.15) is 32.2 Å². The lowest BCUT2D eigenvalue weighted by Crippen LogP contribution is -2.44. The summed E-state index contributed by atoms with van der Waals surface area (Å²) in [5.41, 5.74) is 2.72. The molecule has 31 heavy (non-hydrogen) atoms. The lowest BCUT2D eigenvalue weighted by Gasteiger charge is -2.38. The predicted octanol–water partition coefficient (Wildman–Crippen LogP) is 4.17. The molecule has 1 aliphatic heterocycles. The van der Waals surface area contributed by atoms with Crippen molar-refractivity contribution in [2.75, 3.05) is 19.7 Å². The van der Waals surface area contributed by atoms with Crippen LogP contribution >= 0.6 is 0 Å². The van der Waals surface area contributed by atoms with Gasteiger partial charge in [-0.05, 0) is 36.8 Å².